The van der Waals surface area contributed by atoms with Crippen LogP contribution in [0.15, 0.2) is 60.7 Å². The van der Waals surface area contributed by atoms with Crippen molar-refractivity contribution in [2.75, 3.05) is 13.2 Å². The summed E-state index contributed by atoms with van der Waals surface area (Å²) in [4.78, 5) is 35.5. The van der Waals surface area contributed by atoms with Crippen molar-refractivity contribution in [3.8, 4) is 11.1 Å². The van der Waals surface area contributed by atoms with Gasteiger partial charge < -0.3 is 20.5 Å². The van der Waals surface area contributed by atoms with Gasteiger partial charge in [-0.2, -0.15) is 0 Å². The maximum Gasteiger partial charge on any atom is 0.407 e. The number of nitrogens with one attached hydrogen (secondary N) is 2. The maximum absolute atomic E-state index is 12.3. The average Bonchev–Trinajstić information content (AvgIpc) is 3.39. The average molecular weight is 449 g/mol. The van der Waals surface area contributed by atoms with Gasteiger partial charge in [0.1, 0.15) is 6.61 Å². The van der Waals surface area contributed by atoms with E-state index in [1.807, 2.05) is 31.2 Å². The summed E-state index contributed by atoms with van der Waals surface area (Å²) in [6, 6.07) is 16.1. The van der Waals surface area contributed by atoms with Gasteiger partial charge in [0, 0.05) is 24.9 Å². The van der Waals surface area contributed by atoms with Crippen molar-refractivity contribution in [1.82, 2.24) is 10.6 Å². The van der Waals surface area contributed by atoms with Gasteiger partial charge in [0.2, 0.25) is 5.91 Å². The van der Waals surface area contributed by atoms with Crippen LogP contribution in [-0.2, 0) is 14.3 Å². The van der Waals surface area contributed by atoms with Crippen LogP contribution < -0.4 is 10.6 Å². The predicted octanol–water partition coefficient (Wildman–Crippen LogP) is 3.70. The molecule has 2 aromatic carbocycles. The maximum atomic E-state index is 12.3. The summed E-state index contributed by atoms with van der Waals surface area (Å²) >= 11 is 0. The van der Waals surface area contributed by atoms with Gasteiger partial charge in [-0.3, -0.25) is 9.59 Å². The fourth-order valence-corrected chi connectivity index (χ4v) is 4.55. The van der Waals surface area contributed by atoms with Crippen molar-refractivity contribution in [2.45, 2.75) is 31.7 Å². The molecule has 7 nitrogen and oxygen atoms in total. The second-order valence-corrected chi connectivity index (χ2v) is 8.76. The van der Waals surface area contributed by atoms with Gasteiger partial charge in [-0.1, -0.05) is 67.6 Å². The number of carbonyl (C=O) groups excluding carboxylic acids is 2. The molecule has 172 valence electrons. The summed E-state index contributed by atoms with van der Waals surface area (Å²) in [5, 5.41) is 14.6. The van der Waals surface area contributed by atoms with Gasteiger partial charge in [0.15, 0.2) is 0 Å². The number of alkyl carbamates (subject to hydrolysis) is 1. The van der Waals surface area contributed by atoms with E-state index in [-0.39, 0.29) is 36.8 Å². The summed E-state index contributed by atoms with van der Waals surface area (Å²) in [5.74, 6) is -1.70. The number of carboxylic acids is 1. The van der Waals surface area contributed by atoms with Gasteiger partial charge in [-0.05, 0) is 34.6 Å². The molecule has 3 unspecified atom stereocenters. The highest BCUT2D eigenvalue weighted by molar-refractivity contribution is 5.79. The molecule has 7 heteroatoms. The van der Waals surface area contributed by atoms with Crippen LogP contribution in [0.5, 0.6) is 0 Å². The van der Waals surface area contributed by atoms with Crippen molar-refractivity contribution >= 4 is 18.0 Å². The van der Waals surface area contributed by atoms with E-state index >= 15 is 0 Å². The first-order valence-electron chi connectivity index (χ1n) is 11.2. The topological polar surface area (TPSA) is 105 Å². The summed E-state index contributed by atoms with van der Waals surface area (Å²) in [7, 11) is 0. The van der Waals surface area contributed by atoms with E-state index in [2.05, 4.69) is 34.9 Å². The second kappa shape index (κ2) is 9.90. The lowest BCUT2D eigenvalue weighted by molar-refractivity contribution is -0.140. The van der Waals surface area contributed by atoms with Crippen LogP contribution in [0.25, 0.3) is 11.1 Å². The Morgan fingerprint density at radius 2 is 1.67 bits per heavy atom. The van der Waals surface area contributed by atoms with Crippen molar-refractivity contribution in [3.05, 3.63) is 71.8 Å². The highest BCUT2D eigenvalue weighted by atomic mass is 16.5. The number of hydrogen-bond donors (Lipinski definition) is 3. The molecule has 0 aliphatic heterocycles. The number of carbonyl (C=O) groups is 3. The first-order valence-corrected chi connectivity index (χ1v) is 11.2. The number of fused-ring (bicyclic) bond motifs is 3. The number of rotatable bonds is 8. The van der Waals surface area contributed by atoms with E-state index in [0.717, 1.165) is 11.1 Å². The normalized spacial score (nSPS) is 19.4. The van der Waals surface area contributed by atoms with Gasteiger partial charge in [-0.15, -0.1) is 0 Å². The van der Waals surface area contributed by atoms with Gasteiger partial charge in [0.05, 0.1) is 5.92 Å². The van der Waals surface area contributed by atoms with E-state index in [1.165, 1.54) is 11.1 Å². The van der Waals surface area contributed by atoms with Crippen LogP contribution in [0.4, 0.5) is 4.79 Å². The smallest absolute Gasteiger partial charge is 0.407 e. The second-order valence-electron chi connectivity index (χ2n) is 8.76. The third kappa shape index (κ3) is 5.25. The Morgan fingerprint density at radius 1 is 1.03 bits per heavy atom. The Balaban J connectivity index is 1.21. The Kier molecular flexibility index (Phi) is 6.77. The van der Waals surface area contributed by atoms with Crippen LogP contribution in [-0.4, -0.2) is 42.3 Å². The molecule has 3 N–H and O–H groups in total. The van der Waals surface area contributed by atoms with Crippen molar-refractivity contribution in [2.24, 2.45) is 11.8 Å². The molecule has 33 heavy (non-hydrogen) atoms. The Hall–Kier alpha value is -3.61. The number of carboxylic acid groups (broad SMARTS) is 1. The summed E-state index contributed by atoms with van der Waals surface area (Å²) < 4.78 is 5.52. The Morgan fingerprint density at radius 3 is 2.27 bits per heavy atom. The van der Waals surface area contributed by atoms with Gasteiger partial charge in [-0.25, -0.2) is 4.79 Å². The highest BCUT2D eigenvalue weighted by Gasteiger charge is 2.29. The molecular formula is C26H28N2O5. The number of ether oxygens (including phenoxy) is 1. The standard InChI is InChI=1S/C26H28N2O5/c1-16(12-24(29)28-18-11-10-17(13-18)25(30)31)14-27-26(32)33-15-23-21-8-4-2-6-19(21)20-7-3-5-9-22(20)23/h2-11,16-18,23H,12-15H2,1H3,(H,27,32)(H,28,29)(H,30,31). The lowest BCUT2D eigenvalue weighted by Crippen LogP contribution is -2.36. The predicted molar refractivity (Wildman–Crippen MR) is 124 cm³/mol. The number of aliphatic carboxylic acids is 1. The van der Waals surface area contributed by atoms with Crippen LogP contribution >= 0.6 is 0 Å². The zero-order chi connectivity index (χ0) is 23.4. The van der Waals surface area contributed by atoms with Crippen molar-refractivity contribution < 1.29 is 24.2 Å². The summed E-state index contributed by atoms with van der Waals surface area (Å²) in [6.45, 7) is 2.42. The molecule has 2 aromatic rings. The van der Waals surface area contributed by atoms with E-state index in [0.29, 0.717) is 13.0 Å². The number of hydrogen-bond acceptors (Lipinski definition) is 4. The molecule has 2 amide bonds. The van der Waals surface area contributed by atoms with E-state index in [1.54, 1.807) is 12.2 Å². The van der Waals surface area contributed by atoms with Crippen LogP contribution in [0.2, 0.25) is 0 Å². The molecule has 0 radical (unpaired) electrons. The summed E-state index contributed by atoms with van der Waals surface area (Å²) in [6.07, 6.45) is 3.41. The minimum absolute atomic E-state index is 0.000413. The molecule has 2 aliphatic carbocycles. The van der Waals surface area contributed by atoms with Crippen molar-refractivity contribution in [3.63, 3.8) is 0 Å². The SMILES string of the molecule is CC(CNC(=O)OCC1c2ccccc2-c2ccccc21)CC(=O)NC1C=CC(C(=O)O)C1. The lowest BCUT2D eigenvalue weighted by Gasteiger charge is -2.17. The Labute approximate surface area is 192 Å². The molecule has 0 fully saturated rings. The fourth-order valence-electron chi connectivity index (χ4n) is 4.55. The largest absolute Gasteiger partial charge is 0.481 e. The van der Waals surface area contributed by atoms with Gasteiger partial charge in [0.25, 0.3) is 0 Å². The van der Waals surface area contributed by atoms with E-state index in [9.17, 15) is 14.4 Å². The molecule has 0 saturated carbocycles. The number of amides is 2. The molecule has 0 spiro atoms. The van der Waals surface area contributed by atoms with Crippen molar-refractivity contribution in [1.29, 1.82) is 0 Å². The van der Waals surface area contributed by atoms with Crippen LogP contribution in [0.3, 0.4) is 0 Å². The summed E-state index contributed by atoms with van der Waals surface area (Å²) in [5.41, 5.74) is 4.66. The molecule has 3 atom stereocenters. The Bertz CT molecular complexity index is 1030. The lowest BCUT2D eigenvalue weighted by atomic mass is 9.98. The minimum Gasteiger partial charge on any atom is -0.481 e. The molecule has 2 aliphatic rings. The van der Waals surface area contributed by atoms with Gasteiger partial charge >= 0.3 is 12.1 Å². The fraction of sp³-hybridized carbons (Fsp3) is 0.346. The first kappa shape index (κ1) is 22.6. The third-order valence-corrected chi connectivity index (χ3v) is 6.22. The zero-order valence-corrected chi connectivity index (χ0v) is 18.5. The molecular weight excluding hydrogens is 420 g/mol. The molecule has 0 saturated heterocycles. The monoisotopic (exact) mass is 448 g/mol. The third-order valence-electron chi connectivity index (χ3n) is 6.22. The highest BCUT2D eigenvalue weighted by Crippen LogP contribution is 2.44. The molecule has 4 rings (SSSR count). The molecule has 0 bridgehead atoms. The quantitative estimate of drug-likeness (QED) is 0.534. The number of benzene rings is 2. The minimum atomic E-state index is -0.886. The van der Waals surface area contributed by atoms with Crippen LogP contribution in [0.1, 0.15) is 36.8 Å². The van der Waals surface area contributed by atoms with E-state index < -0.39 is 18.0 Å². The zero-order valence-electron chi connectivity index (χ0n) is 18.5. The first-order chi connectivity index (χ1) is 15.9. The molecule has 0 aromatic heterocycles. The molecule has 0 heterocycles. The van der Waals surface area contributed by atoms with Crippen LogP contribution in [0, 0.1) is 11.8 Å². The van der Waals surface area contributed by atoms with E-state index in [4.69, 9.17) is 9.84 Å².